The normalized spacial score (nSPS) is 11.2. The second-order valence-electron chi connectivity index (χ2n) is 6.24. The molecular formula is C21H25N5O2. The van der Waals surface area contributed by atoms with Crippen molar-refractivity contribution in [3.63, 3.8) is 0 Å². The Morgan fingerprint density at radius 3 is 2.64 bits per heavy atom. The van der Waals surface area contributed by atoms with E-state index in [-0.39, 0.29) is 5.91 Å². The van der Waals surface area contributed by atoms with Crippen LogP contribution in [0.4, 0.5) is 0 Å². The molecule has 3 aromatic rings. The van der Waals surface area contributed by atoms with E-state index >= 15 is 0 Å². The van der Waals surface area contributed by atoms with Crippen molar-refractivity contribution in [1.29, 1.82) is 0 Å². The topological polar surface area (TPSA) is 83.6 Å². The molecule has 1 amide bonds. The van der Waals surface area contributed by atoms with Crippen LogP contribution in [0, 0.1) is 0 Å². The molecule has 0 aliphatic carbocycles. The summed E-state index contributed by atoms with van der Waals surface area (Å²) in [5, 5.41) is 9.40. The molecule has 2 heterocycles. The highest BCUT2D eigenvalue weighted by Gasteiger charge is 2.07. The zero-order valence-corrected chi connectivity index (χ0v) is 15.9. The number of furan rings is 1. The predicted molar refractivity (Wildman–Crippen MR) is 109 cm³/mol. The number of aliphatic imine (C=N–C) groups is 1. The molecule has 0 bridgehead atoms. The van der Waals surface area contributed by atoms with Gasteiger partial charge in [-0.25, -0.2) is 0 Å². The van der Waals surface area contributed by atoms with Crippen molar-refractivity contribution >= 4 is 11.9 Å². The van der Waals surface area contributed by atoms with Crippen LogP contribution in [0.2, 0.25) is 0 Å². The molecule has 7 heteroatoms. The summed E-state index contributed by atoms with van der Waals surface area (Å²) in [6, 6.07) is 15.2. The summed E-state index contributed by atoms with van der Waals surface area (Å²) in [6.07, 6.45) is 5.65. The summed E-state index contributed by atoms with van der Waals surface area (Å²) in [6.45, 7) is 2.57. The maximum atomic E-state index is 12.3. The molecule has 7 nitrogen and oxygen atoms in total. The van der Waals surface area contributed by atoms with Gasteiger partial charge in [-0.05, 0) is 42.0 Å². The summed E-state index contributed by atoms with van der Waals surface area (Å²) in [5.41, 5.74) is 1.61. The van der Waals surface area contributed by atoms with Crippen LogP contribution in [0.15, 0.2) is 76.6 Å². The fourth-order valence-corrected chi connectivity index (χ4v) is 2.73. The van der Waals surface area contributed by atoms with Gasteiger partial charge in [-0.15, -0.1) is 0 Å². The van der Waals surface area contributed by atoms with Gasteiger partial charge in [-0.2, -0.15) is 0 Å². The van der Waals surface area contributed by atoms with Crippen molar-refractivity contribution in [3.8, 4) is 0 Å². The third-order valence-corrected chi connectivity index (χ3v) is 4.20. The summed E-state index contributed by atoms with van der Waals surface area (Å²) >= 11 is 0. The summed E-state index contributed by atoms with van der Waals surface area (Å²) in [7, 11) is 1.74. The highest BCUT2D eigenvalue weighted by atomic mass is 16.3. The van der Waals surface area contributed by atoms with Crippen molar-refractivity contribution < 1.29 is 9.21 Å². The number of benzene rings is 1. The molecule has 0 spiro atoms. The Morgan fingerprint density at radius 1 is 1.04 bits per heavy atom. The number of aromatic nitrogens is 1. The molecular weight excluding hydrogens is 354 g/mol. The van der Waals surface area contributed by atoms with Gasteiger partial charge in [0.05, 0.1) is 12.8 Å². The molecule has 0 saturated carbocycles. The van der Waals surface area contributed by atoms with Gasteiger partial charge >= 0.3 is 0 Å². The number of nitrogens with zero attached hydrogens (tertiary/aromatic N) is 2. The molecule has 3 N–H and O–H groups in total. The van der Waals surface area contributed by atoms with E-state index in [1.54, 1.807) is 25.4 Å². The fourth-order valence-electron chi connectivity index (χ4n) is 2.73. The summed E-state index contributed by atoms with van der Waals surface area (Å²) in [4.78, 5) is 16.6. The first-order valence-corrected chi connectivity index (χ1v) is 9.19. The van der Waals surface area contributed by atoms with Gasteiger partial charge in [0.1, 0.15) is 5.76 Å². The van der Waals surface area contributed by atoms with Gasteiger partial charge in [0, 0.05) is 44.6 Å². The van der Waals surface area contributed by atoms with E-state index in [0.29, 0.717) is 18.7 Å². The van der Waals surface area contributed by atoms with Gasteiger partial charge < -0.3 is 24.9 Å². The van der Waals surface area contributed by atoms with E-state index in [9.17, 15) is 4.79 Å². The third-order valence-electron chi connectivity index (χ3n) is 4.20. The van der Waals surface area contributed by atoms with E-state index in [1.165, 1.54) is 0 Å². The van der Waals surface area contributed by atoms with Crippen molar-refractivity contribution in [2.24, 2.45) is 4.99 Å². The van der Waals surface area contributed by atoms with Crippen LogP contribution in [-0.2, 0) is 19.6 Å². The lowest BCUT2D eigenvalue weighted by molar-refractivity contribution is 0.0948. The Bertz CT molecular complexity index is 885. The molecule has 0 saturated heterocycles. The molecule has 0 radical (unpaired) electrons. The molecule has 146 valence electrons. The van der Waals surface area contributed by atoms with Crippen LogP contribution in [0.1, 0.15) is 21.7 Å². The van der Waals surface area contributed by atoms with Crippen LogP contribution < -0.4 is 16.0 Å². The van der Waals surface area contributed by atoms with Crippen molar-refractivity contribution in [3.05, 3.63) is 84.1 Å². The second kappa shape index (κ2) is 10.0. The lowest BCUT2D eigenvalue weighted by atomic mass is 10.1. The van der Waals surface area contributed by atoms with Crippen molar-refractivity contribution in [2.75, 3.05) is 13.6 Å². The Morgan fingerprint density at radius 2 is 1.89 bits per heavy atom. The van der Waals surface area contributed by atoms with Crippen LogP contribution in [0.3, 0.4) is 0 Å². The van der Waals surface area contributed by atoms with Crippen LogP contribution in [0.25, 0.3) is 0 Å². The standard InChI is InChI=1S/C21H25N5O2/c1-22-21(23-9-12-26-10-2-3-11-26)25-15-17-6-4-7-18(14-17)20(27)24-16-19-8-5-13-28-19/h2-8,10-11,13-14H,9,12,15-16H2,1H3,(H,24,27)(H2,22,23,25). The van der Waals surface area contributed by atoms with Gasteiger partial charge in [-0.1, -0.05) is 12.1 Å². The highest BCUT2D eigenvalue weighted by molar-refractivity contribution is 5.94. The fraction of sp³-hybridized carbons (Fsp3) is 0.238. The summed E-state index contributed by atoms with van der Waals surface area (Å²) < 4.78 is 7.33. The van der Waals surface area contributed by atoms with Gasteiger partial charge in [0.2, 0.25) is 0 Å². The first-order valence-electron chi connectivity index (χ1n) is 9.19. The van der Waals surface area contributed by atoms with Crippen LogP contribution in [-0.4, -0.2) is 30.0 Å². The number of rotatable bonds is 8. The quantitative estimate of drug-likeness (QED) is 0.414. The number of nitrogens with one attached hydrogen (secondary N) is 3. The van der Waals surface area contributed by atoms with Crippen LogP contribution in [0.5, 0.6) is 0 Å². The first-order chi connectivity index (χ1) is 13.7. The monoisotopic (exact) mass is 379 g/mol. The van der Waals surface area contributed by atoms with E-state index < -0.39 is 0 Å². The Balaban J connectivity index is 1.46. The average Bonchev–Trinajstić information content (AvgIpc) is 3.43. The molecule has 3 rings (SSSR count). The van der Waals surface area contributed by atoms with Crippen LogP contribution >= 0.6 is 0 Å². The molecule has 0 fully saturated rings. The number of amides is 1. The second-order valence-corrected chi connectivity index (χ2v) is 6.24. The zero-order valence-electron chi connectivity index (χ0n) is 15.9. The van der Waals surface area contributed by atoms with Crippen molar-refractivity contribution in [2.45, 2.75) is 19.6 Å². The number of hydrogen-bond acceptors (Lipinski definition) is 3. The molecule has 0 aliphatic rings. The molecule has 2 aromatic heterocycles. The SMILES string of the molecule is CN=C(NCCn1cccc1)NCc1cccc(C(=O)NCc2ccco2)c1. The minimum atomic E-state index is -0.132. The first kappa shape index (κ1) is 19.3. The van der Waals surface area contributed by atoms with Gasteiger partial charge in [-0.3, -0.25) is 9.79 Å². The maximum Gasteiger partial charge on any atom is 0.251 e. The average molecular weight is 379 g/mol. The Labute approximate surface area is 164 Å². The highest BCUT2D eigenvalue weighted by Crippen LogP contribution is 2.06. The van der Waals surface area contributed by atoms with Crippen molar-refractivity contribution in [1.82, 2.24) is 20.5 Å². The van der Waals surface area contributed by atoms with Gasteiger partial charge in [0.25, 0.3) is 5.91 Å². The zero-order chi connectivity index (χ0) is 19.6. The minimum absolute atomic E-state index is 0.132. The lowest BCUT2D eigenvalue weighted by Crippen LogP contribution is -2.38. The number of guanidine groups is 1. The smallest absolute Gasteiger partial charge is 0.251 e. The molecule has 1 aromatic carbocycles. The van der Waals surface area contributed by atoms with E-state index in [1.807, 2.05) is 48.8 Å². The molecule has 0 aliphatic heterocycles. The van der Waals surface area contributed by atoms with E-state index in [4.69, 9.17) is 4.42 Å². The third kappa shape index (κ3) is 5.77. The number of carbonyl (C=O) groups excluding carboxylic acids is 1. The molecule has 0 atom stereocenters. The number of carbonyl (C=O) groups is 1. The molecule has 28 heavy (non-hydrogen) atoms. The van der Waals surface area contributed by atoms with E-state index in [2.05, 4.69) is 25.5 Å². The Kier molecular flexibility index (Phi) is 6.89. The maximum absolute atomic E-state index is 12.3. The minimum Gasteiger partial charge on any atom is -0.467 e. The Hall–Kier alpha value is -3.48. The summed E-state index contributed by atoms with van der Waals surface area (Å²) in [5.74, 6) is 1.31. The number of hydrogen-bond donors (Lipinski definition) is 3. The van der Waals surface area contributed by atoms with Gasteiger partial charge in [0.15, 0.2) is 5.96 Å². The molecule has 0 unspecified atom stereocenters. The predicted octanol–water partition coefficient (Wildman–Crippen LogP) is 2.38. The lowest BCUT2D eigenvalue weighted by Gasteiger charge is -2.13. The largest absolute Gasteiger partial charge is 0.467 e. The van der Waals surface area contributed by atoms with E-state index in [0.717, 1.165) is 30.4 Å².